The molecule has 0 bridgehead atoms. The van der Waals surface area contributed by atoms with Gasteiger partial charge >= 0.3 is 0 Å². The molecule has 24 heavy (non-hydrogen) atoms. The maximum atomic E-state index is 12.6. The fraction of sp³-hybridized carbons (Fsp3) is 0.733. The van der Waals surface area contributed by atoms with Crippen LogP contribution in [0.3, 0.4) is 0 Å². The minimum atomic E-state index is -0.701. The summed E-state index contributed by atoms with van der Waals surface area (Å²) < 4.78 is 0. The van der Waals surface area contributed by atoms with Crippen molar-refractivity contribution in [3.8, 4) is 0 Å². The molecule has 2 heterocycles. The third-order valence-electron chi connectivity index (χ3n) is 4.81. The van der Waals surface area contributed by atoms with Crippen molar-refractivity contribution in [3.63, 3.8) is 0 Å². The number of hydrogen-bond donors (Lipinski definition) is 3. The zero-order valence-corrected chi connectivity index (χ0v) is 14.5. The smallest absolute Gasteiger partial charge is 0.241 e. The monoisotopic (exact) mass is 356 g/mol. The van der Waals surface area contributed by atoms with Gasteiger partial charge < -0.3 is 21.3 Å². The largest absolute Gasteiger partial charge is 0.370 e. The lowest BCUT2D eigenvalue weighted by Gasteiger charge is -2.54. The van der Waals surface area contributed by atoms with E-state index in [-0.39, 0.29) is 30.4 Å². The fourth-order valence-electron chi connectivity index (χ4n) is 3.49. The van der Waals surface area contributed by atoms with Gasteiger partial charge in [0.1, 0.15) is 6.04 Å². The van der Waals surface area contributed by atoms with Crippen molar-refractivity contribution in [2.45, 2.75) is 38.1 Å². The van der Waals surface area contributed by atoms with Crippen LogP contribution >= 0.6 is 12.6 Å². The van der Waals surface area contributed by atoms with Crippen LogP contribution in [0, 0.1) is 5.41 Å². The van der Waals surface area contributed by atoms with E-state index in [1.807, 2.05) is 0 Å². The number of β-lactam (4-membered cyclic amide) rings is 1. The molecule has 0 aromatic heterocycles. The van der Waals surface area contributed by atoms with Crippen LogP contribution in [-0.4, -0.2) is 64.9 Å². The maximum Gasteiger partial charge on any atom is 0.241 e. The predicted molar refractivity (Wildman–Crippen MR) is 89.8 cm³/mol. The molecule has 2 aliphatic rings. The lowest BCUT2D eigenvalue weighted by atomic mass is 9.71. The van der Waals surface area contributed by atoms with Crippen LogP contribution in [0.25, 0.3) is 0 Å². The molecule has 2 fully saturated rings. The summed E-state index contributed by atoms with van der Waals surface area (Å²) >= 11 is 4.08. The third kappa shape index (κ3) is 3.66. The second kappa shape index (κ2) is 7.42. The minimum absolute atomic E-state index is 0.0674. The van der Waals surface area contributed by atoms with E-state index < -0.39 is 23.3 Å². The van der Waals surface area contributed by atoms with Crippen molar-refractivity contribution in [3.05, 3.63) is 0 Å². The van der Waals surface area contributed by atoms with Crippen LogP contribution in [0.15, 0.2) is 0 Å². The molecule has 0 saturated carbocycles. The average molecular weight is 356 g/mol. The lowest BCUT2D eigenvalue weighted by molar-refractivity contribution is -0.173. The summed E-state index contributed by atoms with van der Waals surface area (Å²) in [5.41, 5.74) is 9.78. The molecule has 0 radical (unpaired) electrons. The number of piperidine rings is 1. The Balaban J connectivity index is 1.94. The quantitative estimate of drug-likeness (QED) is 0.394. The van der Waals surface area contributed by atoms with E-state index in [0.29, 0.717) is 32.5 Å². The lowest BCUT2D eigenvalue weighted by Crippen LogP contribution is -2.71. The maximum absolute atomic E-state index is 12.6. The summed E-state index contributed by atoms with van der Waals surface area (Å²) in [6.07, 6.45) is 2.28. The van der Waals surface area contributed by atoms with Crippen LogP contribution in [-0.2, 0) is 19.2 Å². The Morgan fingerprint density at radius 3 is 2.46 bits per heavy atom. The third-order valence-corrected chi connectivity index (χ3v) is 5.15. The van der Waals surface area contributed by atoms with E-state index in [4.69, 9.17) is 11.5 Å². The van der Waals surface area contributed by atoms with Crippen molar-refractivity contribution in [1.29, 1.82) is 0 Å². The first kappa shape index (κ1) is 18.6. The van der Waals surface area contributed by atoms with E-state index >= 15 is 0 Å². The highest BCUT2D eigenvalue weighted by molar-refractivity contribution is 7.80. The molecule has 8 nitrogen and oxygen atoms in total. The van der Waals surface area contributed by atoms with Crippen molar-refractivity contribution < 1.29 is 19.2 Å². The molecule has 4 amide bonds. The van der Waals surface area contributed by atoms with E-state index in [1.54, 1.807) is 4.90 Å². The number of thiol groups is 1. The highest BCUT2D eigenvalue weighted by Gasteiger charge is 2.56. The molecule has 0 aliphatic carbocycles. The Bertz CT molecular complexity index is 556. The molecular formula is C15H24N4O4S. The van der Waals surface area contributed by atoms with Gasteiger partial charge in [-0.25, -0.2) is 0 Å². The number of nitrogens with zero attached hydrogens (tertiary/aromatic N) is 2. The molecule has 2 unspecified atom stereocenters. The molecule has 9 heteroatoms. The number of likely N-dealkylation sites (tertiary alicyclic amines) is 2. The van der Waals surface area contributed by atoms with E-state index in [0.717, 1.165) is 6.42 Å². The second-order valence-corrected chi connectivity index (χ2v) is 6.92. The van der Waals surface area contributed by atoms with Gasteiger partial charge in [-0.2, -0.15) is 12.6 Å². The van der Waals surface area contributed by atoms with Crippen LogP contribution in [0.2, 0.25) is 0 Å². The van der Waals surface area contributed by atoms with Crippen LogP contribution in [0.5, 0.6) is 0 Å². The number of rotatable bonds is 7. The summed E-state index contributed by atoms with van der Waals surface area (Å²) in [5, 5.41) is 0. The van der Waals surface area contributed by atoms with Crippen LogP contribution < -0.4 is 11.5 Å². The van der Waals surface area contributed by atoms with E-state index in [1.165, 1.54) is 4.90 Å². The molecule has 4 N–H and O–H groups in total. The normalized spacial score (nSPS) is 24.6. The standard InChI is InChI=1S/C15H24N4O4S/c16-11(20)3-1-4-12(21)18-6-2-5-15(8-18)9-19(14(15)23)10(7-24)13(17)22/h10,24H,1-9H2,(H2,16,20)(H2,17,22). The number of nitrogens with two attached hydrogens (primary N) is 2. The minimum Gasteiger partial charge on any atom is -0.370 e. The Hall–Kier alpha value is -1.77. The van der Waals surface area contributed by atoms with Gasteiger partial charge in [-0.15, -0.1) is 0 Å². The van der Waals surface area contributed by atoms with E-state index in [9.17, 15) is 19.2 Å². The number of primary amides is 2. The van der Waals surface area contributed by atoms with Crippen molar-refractivity contribution in [2.75, 3.05) is 25.4 Å². The zero-order chi connectivity index (χ0) is 17.9. The summed E-state index contributed by atoms with van der Waals surface area (Å²) in [6.45, 7) is 1.39. The SMILES string of the molecule is NC(=O)CCCC(=O)N1CCCC2(C1)CN(C(CS)C(N)=O)C2=O. The number of amides is 4. The van der Waals surface area contributed by atoms with Crippen LogP contribution in [0.4, 0.5) is 0 Å². The molecule has 2 aliphatic heterocycles. The Labute approximate surface area is 146 Å². The van der Waals surface area contributed by atoms with Gasteiger partial charge in [-0.05, 0) is 19.3 Å². The topological polar surface area (TPSA) is 127 Å². The summed E-state index contributed by atoms with van der Waals surface area (Å²) in [5.74, 6) is -1.00. The van der Waals surface area contributed by atoms with Gasteiger partial charge in [0.15, 0.2) is 0 Å². The molecular weight excluding hydrogens is 332 g/mol. The highest BCUT2D eigenvalue weighted by Crippen LogP contribution is 2.41. The van der Waals surface area contributed by atoms with Gasteiger partial charge in [-0.3, -0.25) is 19.2 Å². The second-order valence-electron chi connectivity index (χ2n) is 6.55. The summed E-state index contributed by atoms with van der Waals surface area (Å²) in [6, 6.07) is -0.701. The van der Waals surface area contributed by atoms with E-state index in [2.05, 4.69) is 12.6 Å². The molecule has 1 spiro atoms. The number of carbonyl (C=O) groups is 4. The number of hydrogen-bond acceptors (Lipinski definition) is 5. The average Bonchev–Trinajstić information content (AvgIpc) is 2.54. The van der Waals surface area contributed by atoms with Crippen molar-refractivity contribution in [1.82, 2.24) is 9.80 Å². The zero-order valence-electron chi connectivity index (χ0n) is 13.6. The number of carbonyl (C=O) groups excluding carboxylic acids is 4. The first-order valence-electron chi connectivity index (χ1n) is 8.08. The Morgan fingerprint density at radius 1 is 1.21 bits per heavy atom. The predicted octanol–water partition coefficient (Wildman–Crippen LogP) is -1.12. The van der Waals surface area contributed by atoms with Crippen LogP contribution in [0.1, 0.15) is 32.1 Å². The Morgan fingerprint density at radius 2 is 1.92 bits per heavy atom. The van der Waals surface area contributed by atoms with Gasteiger partial charge in [0.2, 0.25) is 23.6 Å². The van der Waals surface area contributed by atoms with Gasteiger partial charge in [-0.1, -0.05) is 0 Å². The fourth-order valence-corrected chi connectivity index (χ4v) is 3.87. The molecule has 0 aromatic carbocycles. The molecule has 2 atom stereocenters. The first-order chi connectivity index (χ1) is 11.3. The summed E-state index contributed by atoms with van der Waals surface area (Å²) in [4.78, 5) is 50.1. The van der Waals surface area contributed by atoms with Crippen molar-refractivity contribution >= 4 is 36.3 Å². The van der Waals surface area contributed by atoms with Crippen molar-refractivity contribution in [2.24, 2.45) is 16.9 Å². The molecule has 0 aromatic rings. The Kier molecular flexibility index (Phi) is 5.74. The molecule has 2 rings (SSSR count). The summed E-state index contributed by atoms with van der Waals surface area (Å²) in [7, 11) is 0. The van der Waals surface area contributed by atoms with Gasteiger partial charge in [0.25, 0.3) is 0 Å². The first-order valence-corrected chi connectivity index (χ1v) is 8.71. The molecule has 134 valence electrons. The van der Waals surface area contributed by atoms with Gasteiger partial charge in [0.05, 0.1) is 5.41 Å². The molecule has 2 saturated heterocycles. The highest BCUT2D eigenvalue weighted by atomic mass is 32.1. The van der Waals surface area contributed by atoms with Gasteiger partial charge in [0, 0.05) is 38.2 Å².